The molecule has 12 aromatic rings. The van der Waals surface area contributed by atoms with Crippen molar-refractivity contribution in [1.29, 1.82) is 0 Å². The third kappa shape index (κ3) is 9.24. The van der Waals surface area contributed by atoms with Gasteiger partial charge in [-0.25, -0.2) is 17.6 Å². The van der Waals surface area contributed by atoms with Crippen LogP contribution in [0.2, 0.25) is 0 Å². The molecule has 0 saturated carbocycles. The van der Waals surface area contributed by atoms with Crippen molar-refractivity contribution in [3.63, 3.8) is 0 Å². The first-order valence-electron chi connectivity index (χ1n) is 29.2. The molecular formula is C80H56F4N2O2. The molecule has 14 rings (SSSR count). The van der Waals surface area contributed by atoms with Crippen LogP contribution < -0.4 is 19.3 Å². The minimum atomic E-state index is -0.797. The first-order valence-corrected chi connectivity index (χ1v) is 29.2. The van der Waals surface area contributed by atoms with E-state index in [0.717, 1.165) is 90.0 Å². The molecule has 0 spiro atoms. The maximum atomic E-state index is 16.5. The number of benzene rings is 12. The maximum Gasteiger partial charge on any atom is 0.150 e. The lowest BCUT2D eigenvalue weighted by Crippen LogP contribution is -2.28. The zero-order valence-electron chi connectivity index (χ0n) is 47.8. The quantitative estimate of drug-likeness (QED) is 0.0670. The molecule has 0 heterocycles. The topological polar surface area (TPSA) is 24.9 Å². The van der Waals surface area contributed by atoms with E-state index in [-0.39, 0.29) is 11.4 Å². The van der Waals surface area contributed by atoms with Crippen LogP contribution in [0.25, 0.3) is 33.4 Å². The van der Waals surface area contributed by atoms with Crippen molar-refractivity contribution in [2.45, 2.75) is 10.8 Å². The number of fused-ring (bicyclic) bond motifs is 6. The van der Waals surface area contributed by atoms with Crippen molar-refractivity contribution in [3.8, 4) is 44.9 Å². The van der Waals surface area contributed by atoms with Gasteiger partial charge in [-0.1, -0.05) is 195 Å². The molecule has 12 aromatic carbocycles. The lowest BCUT2D eigenvalue weighted by atomic mass is 9.67. The standard InChI is InChI=1S/C80H56F4N2O2/c1-3-47-87-65-39-27-57(28-40-65)79(55-15-7-5-8-16-55)71-21-13-11-19-67(71)69-43-37-63(51-73(69)79)85(77-45-31-59(81)49-75(77)83)61-33-23-53(24-34-61)54-25-35-62(36-26-54)86(78-46-32-60(82)50-76(78)84)64-38-44-70-68-20-12-14-22-72(68)80(74(70)52-64,56-17-9-6-10-18-56)58-29-41-66(42-30-58)88-48-4-2/h3-46,49-52H,1-2,47-48H2. The van der Waals surface area contributed by atoms with Crippen molar-refractivity contribution < 1.29 is 27.0 Å². The second-order valence-corrected chi connectivity index (χ2v) is 22.0. The summed E-state index contributed by atoms with van der Waals surface area (Å²) in [5.41, 5.74) is 15.6. The Hall–Kier alpha value is -11.0. The van der Waals surface area contributed by atoms with Crippen LogP contribution in [0.4, 0.5) is 51.7 Å². The second kappa shape index (κ2) is 22.8. The van der Waals surface area contributed by atoms with Crippen LogP contribution in [0, 0.1) is 23.3 Å². The highest BCUT2D eigenvalue weighted by Crippen LogP contribution is 2.59. The molecule has 2 aliphatic rings. The van der Waals surface area contributed by atoms with Crippen molar-refractivity contribution in [2.24, 2.45) is 0 Å². The Labute approximate surface area is 509 Å². The Kier molecular flexibility index (Phi) is 14.2. The fourth-order valence-electron chi connectivity index (χ4n) is 13.5. The van der Waals surface area contributed by atoms with Gasteiger partial charge in [0.2, 0.25) is 0 Å². The number of ether oxygens (including phenoxy) is 2. The van der Waals surface area contributed by atoms with Crippen LogP contribution in [0.3, 0.4) is 0 Å². The number of halogens is 4. The summed E-state index contributed by atoms with van der Waals surface area (Å²) in [6, 6.07) is 89.5. The molecule has 0 N–H and O–H groups in total. The number of nitrogens with zero attached hydrogens (tertiary/aromatic N) is 2. The molecule has 4 nitrogen and oxygen atoms in total. The van der Waals surface area contributed by atoms with Crippen LogP contribution in [0.15, 0.2) is 304 Å². The molecule has 8 heteroatoms. The van der Waals surface area contributed by atoms with Gasteiger partial charge in [0.1, 0.15) is 48.0 Å². The third-order valence-electron chi connectivity index (χ3n) is 17.2. The van der Waals surface area contributed by atoms with E-state index in [1.54, 1.807) is 12.2 Å². The Balaban J connectivity index is 0.861. The first kappa shape index (κ1) is 54.9. The van der Waals surface area contributed by atoms with Crippen molar-refractivity contribution in [3.05, 3.63) is 372 Å². The summed E-state index contributed by atoms with van der Waals surface area (Å²) in [5, 5.41) is 0. The van der Waals surface area contributed by atoms with Gasteiger partial charge in [-0.3, -0.25) is 0 Å². The lowest BCUT2D eigenvalue weighted by Gasteiger charge is -2.35. The monoisotopic (exact) mass is 1150 g/mol. The van der Waals surface area contributed by atoms with Crippen LogP contribution in [0.1, 0.15) is 44.5 Å². The van der Waals surface area contributed by atoms with Gasteiger partial charge >= 0.3 is 0 Å². The van der Waals surface area contributed by atoms with Gasteiger partial charge in [0, 0.05) is 34.9 Å². The van der Waals surface area contributed by atoms with Gasteiger partial charge in [-0.2, -0.15) is 0 Å². The first-order chi connectivity index (χ1) is 43.2. The Bertz CT molecular complexity index is 4300. The Morgan fingerprint density at radius 3 is 1.03 bits per heavy atom. The van der Waals surface area contributed by atoms with E-state index in [0.29, 0.717) is 47.5 Å². The van der Waals surface area contributed by atoms with E-state index in [4.69, 9.17) is 9.47 Å². The number of hydrogen-bond donors (Lipinski definition) is 0. The normalized spacial score (nSPS) is 15.1. The highest BCUT2D eigenvalue weighted by molar-refractivity contribution is 5.92. The van der Waals surface area contributed by atoms with E-state index in [1.165, 1.54) is 24.3 Å². The molecule has 0 aromatic heterocycles. The summed E-state index contributed by atoms with van der Waals surface area (Å²) in [7, 11) is 0. The molecule has 88 heavy (non-hydrogen) atoms. The molecule has 0 saturated heterocycles. The highest BCUT2D eigenvalue weighted by Gasteiger charge is 2.48. The highest BCUT2D eigenvalue weighted by atomic mass is 19.1. The molecular weight excluding hydrogens is 1100 g/mol. The Morgan fingerprint density at radius 1 is 0.318 bits per heavy atom. The van der Waals surface area contributed by atoms with Gasteiger partial charge in [0.15, 0.2) is 0 Å². The fraction of sp³-hybridized carbons (Fsp3) is 0.0500. The van der Waals surface area contributed by atoms with Gasteiger partial charge in [0.05, 0.1) is 22.2 Å². The molecule has 2 atom stereocenters. The summed E-state index contributed by atoms with van der Waals surface area (Å²) in [4.78, 5) is 3.66. The van der Waals surface area contributed by atoms with Crippen LogP contribution in [-0.4, -0.2) is 13.2 Å². The predicted molar refractivity (Wildman–Crippen MR) is 347 cm³/mol. The van der Waals surface area contributed by atoms with E-state index >= 15 is 8.78 Å². The van der Waals surface area contributed by atoms with E-state index in [1.807, 2.05) is 143 Å². The largest absolute Gasteiger partial charge is 0.490 e. The Morgan fingerprint density at radius 2 is 0.659 bits per heavy atom. The van der Waals surface area contributed by atoms with Crippen LogP contribution in [0.5, 0.6) is 11.5 Å². The molecule has 0 radical (unpaired) electrons. The minimum Gasteiger partial charge on any atom is -0.490 e. The van der Waals surface area contributed by atoms with Gasteiger partial charge < -0.3 is 19.3 Å². The average molecular weight is 1150 g/mol. The molecule has 0 fully saturated rings. The lowest BCUT2D eigenvalue weighted by molar-refractivity contribution is 0.363. The molecule has 0 bridgehead atoms. The number of anilines is 6. The predicted octanol–water partition coefficient (Wildman–Crippen LogP) is 20.7. The van der Waals surface area contributed by atoms with E-state index < -0.39 is 34.1 Å². The minimum absolute atomic E-state index is 0.166. The van der Waals surface area contributed by atoms with E-state index in [2.05, 4.69) is 122 Å². The molecule has 2 aliphatic carbocycles. The zero-order chi connectivity index (χ0) is 59.9. The van der Waals surface area contributed by atoms with Crippen LogP contribution >= 0.6 is 0 Å². The summed E-state index contributed by atoms with van der Waals surface area (Å²) in [6.45, 7) is 8.38. The van der Waals surface area contributed by atoms with Crippen molar-refractivity contribution in [1.82, 2.24) is 0 Å². The SMILES string of the molecule is C=CCOc1ccc(C2(c3ccccc3)c3ccccc3-c3ccc(N(c4ccc(-c5ccc(N(c6ccc7c(c6)C(c6ccccc6)(c6ccc(OCC=C)cc6)c6ccccc6-7)c6ccc(F)cc6F)cc5)cc4)c4ccc(F)cc4F)cc32)cc1. The zero-order valence-corrected chi connectivity index (χ0v) is 47.8. The molecule has 426 valence electrons. The van der Waals surface area contributed by atoms with Gasteiger partial charge in [-0.05, 0) is 175 Å². The summed E-state index contributed by atoms with van der Waals surface area (Å²) < 4.78 is 74.7. The summed E-state index contributed by atoms with van der Waals surface area (Å²) in [5.74, 6) is -1.39. The van der Waals surface area contributed by atoms with Crippen molar-refractivity contribution in [2.75, 3.05) is 23.0 Å². The summed E-state index contributed by atoms with van der Waals surface area (Å²) >= 11 is 0. The van der Waals surface area contributed by atoms with Gasteiger partial charge in [-0.15, -0.1) is 0 Å². The van der Waals surface area contributed by atoms with Crippen LogP contribution in [-0.2, 0) is 10.8 Å². The summed E-state index contributed by atoms with van der Waals surface area (Å²) in [6.07, 6.45) is 3.44. The fourth-order valence-corrected chi connectivity index (χ4v) is 13.5. The van der Waals surface area contributed by atoms with Gasteiger partial charge in [0.25, 0.3) is 0 Å². The maximum absolute atomic E-state index is 16.5. The number of hydrogen-bond acceptors (Lipinski definition) is 4. The molecule has 0 aliphatic heterocycles. The second-order valence-electron chi connectivity index (χ2n) is 22.0. The third-order valence-corrected chi connectivity index (χ3v) is 17.2. The molecule has 0 amide bonds. The van der Waals surface area contributed by atoms with E-state index in [9.17, 15) is 8.78 Å². The average Bonchev–Trinajstić information content (AvgIpc) is 1.58. The van der Waals surface area contributed by atoms with Crippen molar-refractivity contribution >= 4 is 34.1 Å². The smallest absolute Gasteiger partial charge is 0.150 e. The number of rotatable bonds is 17. The molecule has 2 unspecified atom stereocenters.